The Labute approximate surface area is 126 Å². The molecule has 1 aromatic carbocycles. The quantitative estimate of drug-likeness (QED) is 0.871. The first-order valence-corrected chi connectivity index (χ1v) is 6.97. The number of halogens is 2. The number of rotatable bonds is 4. The van der Waals surface area contributed by atoms with Crippen LogP contribution >= 0.6 is 23.2 Å². The van der Waals surface area contributed by atoms with Crippen LogP contribution in [0.2, 0.25) is 10.0 Å². The van der Waals surface area contributed by atoms with Gasteiger partial charge in [-0.05, 0) is 30.9 Å². The summed E-state index contributed by atoms with van der Waals surface area (Å²) >= 11 is 12.0. The fourth-order valence-electron chi connectivity index (χ4n) is 2.13. The first-order valence-electron chi connectivity index (χ1n) is 6.21. The summed E-state index contributed by atoms with van der Waals surface area (Å²) in [6.07, 6.45) is 2.10. The maximum absolute atomic E-state index is 6.00. The maximum Gasteiger partial charge on any atom is 0.260 e. The molecule has 0 radical (unpaired) electrons. The molecule has 0 amide bonds. The highest BCUT2D eigenvalue weighted by molar-refractivity contribution is 6.37. The predicted octanol–water partition coefficient (Wildman–Crippen LogP) is 3.72. The highest BCUT2D eigenvalue weighted by Crippen LogP contribution is 2.42. The summed E-state index contributed by atoms with van der Waals surface area (Å²) in [5.41, 5.74) is 6.83. The first kappa shape index (κ1) is 13.7. The molecule has 5 nitrogen and oxygen atoms in total. The lowest BCUT2D eigenvalue weighted by molar-refractivity contribution is 0.0751. The smallest absolute Gasteiger partial charge is 0.260 e. The topological polar surface area (TPSA) is 74.2 Å². The zero-order chi connectivity index (χ0) is 14.3. The van der Waals surface area contributed by atoms with Crippen molar-refractivity contribution >= 4 is 28.9 Å². The van der Waals surface area contributed by atoms with Gasteiger partial charge in [0.2, 0.25) is 5.82 Å². The standard InChI is InChI=1S/C13H13Cl2N3O2/c1-19-11(6-2-3-6)12-17-13(20-18-12)8-4-7(14)5-9(15)10(8)16/h4-6,11H,2-3,16H2,1H3. The van der Waals surface area contributed by atoms with Gasteiger partial charge in [-0.15, -0.1) is 0 Å². The van der Waals surface area contributed by atoms with Gasteiger partial charge in [0.1, 0.15) is 6.10 Å². The number of nitrogens with two attached hydrogens (primary N) is 1. The van der Waals surface area contributed by atoms with E-state index in [4.69, 9.17) is 38.2 Å². The Morgan fingerprint density at radius 3 is 2.80 bits per heavy atom. The summed E-state index contributed by atoms with van der Waals surface area (Å²) in [6, 6.07) is 3.22. The molecule has 0 saturated heterocycles. The number of anilines is 1. The fourth-order valence-corrected chi connectivity index (χ4v) is 2.62. The van der Waals surface area contributed by atoms with Crippen LogP contribution in [0.1, 0.15) is 24.8 Å². The molecule has 2 N–H and O–H groups in total. The molecule has 1 aliphatic rings. The van der Waals surface area contributed by atoms with E-state index in [9.17, 15) is 0 Å². The molecule has 1 saturated carbocycles. The molecule has 0 bridgehead atoms. The van der Waals surface area contributed by atoms with Gasteiger partial charge in [-0.1, -0.05) is 28.4 Å². The van der Waals surface area contributed by atoms with Crippen LogP contribution in [-0.2, 0) is 4.74 Å². The third kappa shape index (κ3) is 2.49. The van der Waals surface area contributed by atoms with Crippen molar-refractivity contribution in [3.05, 3.63) is 28.0 Å². The predicted molar refractivity (Wildman–Crippen MR) is 76.6 cm³/mol. The lowest BCUT2D eigenvalue weighted by Crippen LogP contribution is -2.05. The summed E-state index contributed by atoms with van der Waals surface area (Å²) in [7, 11) is 1.64. The summed E-state index contributed by atoms with van der Waals surface area (Å²) in [6.45, 7) is 0. The van der Waals surface area contributed by atoms with Crippen molar-refractivity contribution in [2.45, 2.75) is 18.9 Å². The number of hydrogen-bond donors (Lipinski definition) is 1. The van der Waals surface area contributed by atoms with Crippen LogP contribution in [0.5, 0.6) is 0 Å². The number of aromatic nitrogens is 2. The monoisotopic (exact) mass is 313 g/mol. The van der Waals surface area contributed by atoms with Crippen LogP contribution in [0.15, 0.2) is 16.7 Å². The summed E-state index contributed by atoms with van der Waals surface area (Å²) in [5.74, 6) is 1.29. The van der Waals surface area contributed by atoms with E-state index >= 15 is 0 Å². The van der Waals surface area contributed by atoms with Gasteiger partial charge in [0, 0.05) is 12.1 Å². The van der Waals surface area contributed by atoms with Crippen molar-refractivity contribution in [3.8, 4) is 11.5 Å². The third-order valence-electron chi connectivity index (χ3n) is 3.33. The molecular weight excluding hydrogens is 301 g/mol. The zero-order valence-corrected chi connectivity index (χ0v) is 12.3. The Hall–Kier alpha value is -1.30. The van der Waals surface area contributed by atoms with Crippen LogP contribution < -0.4 is 5.73 Å². The minimum Gasteiger partial charge on any atom is -0.397 e. The second-order valence-electron chi connectivity index (χ2n) is 4.80. The summed E-state index contributed by atoms with van der Waals surface area (Å²) < 4.78 is 10.7. The molecule has 106 valence electrons. The van der Waals surface area contributed by atoms with Crippen LogP contribution in [0.4, 0.5) is 5.69 Å². The average Bonchev–Trinajstić information content (AvgIpc) is 3.12. The van der Waals surface area contributed by atoms with Crippen LogP contribution in [-0.4, -0.2) is 17.3 Å². The maximum atomic E-state index is 6.00. The Morgan fingerprint density at radius 2 is 2.15 bits per heavy atom. The van der Waals surface area contributed by atoms with E-state index in [0.717, 1.165) is 12.8 Å². The molecule has 2 aromatic rings. The molecule has 1 aliphatic carbocycles. The van der Waals surface area contributed by atoms with Gasteiger partial charge in [0.05, 0.1) is 16.3 Å². The fraction of sp³-hybridized carbons (Fsp3) is 0.385. The molecule has 1 unspecified atom stereocenters. The lowest BCUT2D eigenvalue weighted by Gasteiger charge is -2.08. The number of nitrogens with zero attached hydrogens (tertiary/aromatic N) is 2. The minimum absolute atomic E-state index is 0.136. The van der Waals surface area contributed by atoms with Gasteiger partial charge in [-0.3, -0.25) is 0 Å². The Balaban J connectivity index is 1.97. The van der Waals surface area contributed by atoms with Crippen molar-refractivity contribution in [3.63, 3.8) is 0 Å². The number of nitrogen functional groups attached to an aromatic ring is 1. The molecule has 1 atom stereocenters. The highest BCUT2D eigenvalue weighted by atomic mass is 35.5. The average molecular weight is 314 g/mol. The SMILES string of the molecule is COC(c1noc(-c2cc(Cl)cc(Cl)c2N)n1)C1CC1. The van der Waals surface area contributed by atoms with E-state index < -0.39 is 0 Å². The van der Waals surface area contributed by atoms with Crippen molar-refractivity contribution in [1.82, 2.24) is 10.1 Å². The number of methoxy groups -OCH3 is 1. The van der Waals surface area contributed by atoms with E-state index in [1.807, 2.05) is 0 Å². The molecule has 1 heterocycles. The normalized spacial score (nSPS) is 16.4. The van der Waals surface area contributed by atoms with Crippen LogP contribution in [0.3, 0.4) is 0 Å². The van der Waals surface area contributed by atoms with Gasteiger partial charge in [0.25, 0.3) is 5.89 Å². The van der Waals surface area contributed by atoms with E-state index in [1.54, 1.807) is 19.2 Å². The number of ether oxygens (including phenoxy) is 1. The molecule has 0 aliphatic heterocycles. The van der Waals surface area contributed by atoms with E-state index in [-0.39, 0.29) is 6.10 Å². The van der Waals surface area contributed by atoms with Crippen molar-refractivity contribution in [1.29, 1.82) is 0 Å². The summed E-state index contributed by atoms with van der Waals surface area (Å²) in [4.78, 5) is 4.36. The molecule has 0 spiro atoms. The second-order valence-corrected chi connectivity index (χ2v) is 5.64. The molecule has 1 fully saturated rings. The highest BCUT2D eigenvalue weighted by Gasteiger charge is 2.35. The Bertz CT molecular complexity index is 641. The second kappa shape index (κ2) is 5.24. The summed E-state index contributed by atoms with van der Waals surface area (Å²) in [5, 5.41) is 4.79. The minimum atomic E-state index is -0.136. The molecule has 1 aromatic heterocycles. The first-order chi connectivity index (χ1) is 9.60. The van der Waals surface area contributed by atoms with E-state index in [2.05, 4.69) is 10.1 Å². The van der Waals surface area contributed by atoms with Gasteiger partial charge in [-0.25, -0.2) is 0 Å². The van der Waals surface area contributed by atoms with Gasteiger partial charge < -0.3 is 15.0 Å². The molecular formula is C13H13Cl2N3O2. The van der Waals surface area contributed by atoms with Crippen molar-refractivity contribution in [2.75, 3.05) is 12.8 Å². The third-order valence-corrected chi connectivity index (χ3v) is 3.86. The van der Waals surface area contributed by atoms with Gasteiger partial charge >= 0.3 is 0 Å². The molecule has 3 rings (SSSR count). The Morgan fingerprint density at radius 1 is 1.40 bits per heavy atom. The van der Waals surface area contributed by atoms with Crippen LogP contribution in [0, 0.1) is 5.92 Å². The van der Waals surface area contributed by atoms with E-state index in [1.165, 1.54) is 0 Å². The van der Waals surface area contributed by atoms with Gasteiger partial charge in [-0.2, -0.15) is 4.98 Å². The molecule has 20 heavy (non-hydrogen) atoms. The lowest BCUT2D eigenvalue weighted by atomic mass is 10.2. The van der Waals surface area contributed by atoms with Crippen molar-refractivity contribution in [2.24, 2.45) is 5.92 Å². The number of hydrogen-bond acceptors (Lipinski definition) is 5. The number of benzene rings is 1. The molecule has 7 heteroatoms. The van der Waals surface area contributed by atoms with Crippen LogP contribution in [0.25, 0.3) is 11.5 Å². The largest absolute Gasteiger partial charge is 0.397 e. The van der Waals surface area contributed by atoms with Gasteiger partial charge in [0.15, 0.2) is 0 Å². The zero-order valence-electron chi connectivity index (χ0n) is 10.8. The van der Waals surface area contributed by atoms with Crippen molar-refractivity contribution < 1.29 is 9.26 Å². The van der Waals surface area contributed by atoms with E-state index in [0.29, 0.717) is 38.9 Å². The Kier molecular flexibility index (Phi) is 3.58.